The van der Waals surface area contributed by atoms with Crippen molar-refractivity contribution in [2.45, 2.75) is 22.8 Å². The van der Waals surface area contributed by atoms with Crippen LogP contribution in [0.3, 0.4) is 0 Å². The lowest BCUT2D eigenvalue weighted by molar-refractivity contribution is -0.113. The number of anilines is 1. The molecule has 0 aliphatic rings. The molecule has 1 amide bonds. The van der Waals surface area contributed by atoms with E-state index in [0.29, 0.717) is 5.16 Å². The summed E-state index contributed by atoms with van der Waals surface area (Å²) in [4.78, 5) is 22.1. The monoisotopic (exact) mass is 517 g/mol. The van der Waals surface area contributed by atoms with Crippen LogP contribution in [0, 0.1) is 0 Å². The van der Waals surface area contributed by atoms with Crippen LogP contribution in [-0.2, 0) is 4.79 Å². The van der Waals surface area contributed by atoms with E-state index in [0.717, 1.165) is 49.5 Å². The summed E-state index contributed by atoms with van der Waals surface area (Å²) in [6.45, 7) is 2.16. The van der Waals surface area contributed by atoms with Crippen LogP contribution < -0.4 is 5.32 Å². The minimum atomic E-state index is -0.100. The molecule has 6 nitrogen and oxygen atoms in total. The Morgan fingerprint density at radius 1 is 0.971 bits per heavy atom. The van der Waals surface area contributed by atoms with Gasteiger partial charge in [-0.05, 0) is 36.8 Å². The SMILES string of the molecule is CCCSc1nc2ccc(NC(=O)CSc3nc(-c4ccccc4)n(-c4ccccc4)n3)cc2s1. The Morgan fingerprint density at radius 2 is 1.74 bits per heavy atom. The fourth-order valence-electron chi connectivity index (χ4n) is 3.44. The molecule has 35 heavy (non-hydrogen) atoms. The van der Waals surface area contributed by atoms with E-state index in [4.69, 9.17) is 4.98 Å². The zero-order chi connectivity index (χ0) is 24.0. The molecule has 0 aliphatic carbocycles. The molecule has 0 unspecified atom stereocenters. The van der Waals surface area contributed by atoms with Crippen LogP contribution >= 0.6 is 34.9 Å². The van der Waals surface area contributed by atoms with Crippen LogP contribution in [0.25, 0.3) is 27.3 Å². The Bertz CT molecular complexity index is 1380. The number of hydrogen-bond donors (Lipinski definition) is 1. The normalized spacial score (nSPS) is 11.1. The van der Waals surface area contributed by atoms with E-state index >= 15 is 0 Å². The van der Waals surface area contributed by atoms with Gasteiger partial charge in [-0.15, -0.1) is 16.4 Å². The summed E-state index contributed by atoms with van der Waals surface area (Å²) in [5, 5.41) is 8.23. The third-order valence-electron chi connectivity index (χ3n) is 5.04. The van der Waals surface area contributed by atoms with Crippen molar-refractivity contribution in [1.29, 1.82) is 0 Å². The van der Waals surface area contributed by atoms with Crippen LogP contribution in [0.5, 0.6) is 0 Å². The second-order valence-corrected chi connectivity index (χ2v) is 11.0. The molecule has 5 aromatic rings. The molecule has 0 spiro atoms. The highest BCUT2D eigenvalue weighted by Gasteiger charge is 2.15. The molecule has 0 saturated carbocycles. The number of thioether (sulfide) groups is 2. The molecule has 0 radical (unpaired) electrons. The van der Waals surface area contributed by atoms with Gasteiger partial charge in [-0.2, -0.15) is 0 Å². The van der Waals surface area contributed by atoms with Gasteiger partial charge in [0, 0.05) is 17.0 Å². The Hall–Kier alpha value is -3.14. The third-order valence-corrected chi connectivity index (χ3v) is 8.24. The molecule has 0 fully saturated rings. The Labute approximate surface area is 216 Å². The second-order valence-electron chi connectivity index (χ2n) is 7.68. The second kappa shape index (κ2) is 11.1. The first-order valence-corrected chi connectivity index (χ1v) is 14.0. The largest absolute Gasteiger partial charge is 0.325 e. The molecule has 9 heteroatoms. The number of carbonyl (C=O) groups excluding carboxylic acids is 1. The van der Waals surface area contributed by atoms with Gasteiger partial charge in [0.05, 0.1) is 21.7 Å². The molecule has 0 atom stereocenters. The summed E-state index contributed by atoms with van der Waals surface area (Å²) in [5.74, 6) is 1.91. The highest BCUT2D eigenvalue weighted by Crippen LogP contribution is 2.31. The van der Waals surface area contributed by atoms with Crippen LogP contribution in [0.1, 0.15) is 13.3 Å². The minimum Gasteiger partial charge on any atom is -0.325 e. The number of amides is 1. The molecular formula is C26H23N5OS3. The van der Waals surface area contributed by atoms with Gasteiger partial charge < -0.3 is 5.32 Å². The lowest BCUT2D eigenvalue weighted by atomic mass is 10.2. The molecule has 2 aromatic heterocycles. The average molecular weight is 518 g/mol. The van der Waals surface area contributed by atoms with Gasteiger partial charge in [0.15, 0.2) is 10.2 Å². The highest BCUT2D eigenvalue weighted by atomic mass is 32.2. The maximum Gasteiger partial charge on any atom is 0.234 e. The van der Waals surface area contributed by atoms with E-state index in [1.165, 1.54) is 11.8 Å². The summed E-state index contributed by atoms with van der Waals surface area (Å²) < 4.78 is 3.96. The number of rotatable bonds is 9. The number of carbonyl (C=O) groups is 1. The molecule has 176 valence electrons. The van der Waals surface area contributed by atoms with Crippen molar-refractivity contribution in [3.63, 3.8) is 0 Å². The van der Waals surface area contributed by atoms with Crippen molar-refractivity contribution in [2.75, 3.05) is 16.8 Å². The fourth-order valence-corrected chi connectivity index (χ4v) is 6.09. The number of fused-ring (bicyclic) bond motifs is 1. The van der Waals surface area contributed by atoms with Gasteiger partial charge in [0.25, 0.3) is 0 Å². The van der Waals surface area contributed by atoms with E-state index in [2.05, 4.69) is 22.3 Å². The molecule has 1 N–H and O–H groups in total. The number of para-hydroxylation sites is 1. The van der Waals surface area contributed by atoms with E-state index < -0.39 is 0 Å². The number of aromatic nitrogens is 4. The van der Waals surface area contributed by atoms with Crippen LogP contribution in [0.4, 0.5) is 5.69 Å². The van der Waals surface area contributed by atoms with Gasteiger partial charge >= 0.3 is 0 Å². The molecule has 0 saturated heterocycles. The fraction of sp³-hybridized carbons (Fsp3) is 0.154. The first-order valence-electron chi connectivity index (χ1n) is 11.2. The van der Waals surface area contributed by atoms with Crippen molar-refractivity contribution in [3.8, 4) is 17.1 Å². The van der Waals surface area contributed by atoms with Crippen molar-refractivity contribution < 1.29 is 4.79 Å². The van der Waals surface area contributed by atoms with Crippen molar-refractivity contribution in [3.05, 3.63) is 78.9 Å². The van der Waals surface area contributed by atoms with Gasteiger partial charge in [0.2, 0.25) is 11.1 Å². The van der Waals surface area contributed by atoms with E-state index in [1.54, 1.807) is 23.1 Å². The average Bonchev–Trinajstić information content (AvgIpc) is 3.51. The predicted octanol–water partition coefficient (Wildman–Crippen LogP) is 6.78. The van der Waals surface area contributed by atoms with Gasteiger partial charge in [-0.1, -0.05) is 79.0 Å². The minimum absolute atomic E-state index is 0.100. The van der Waals surface area contributed by atoms with E-state index in [9.17, 15) is 4.79 Å². The van der Waals surface area contributed by atoms with Crippen molar-refractivity contribution >= 4 is 56.7 Å². The maximum absolute atomic E-state index is 12.7. The Balaban J connectivity index is 1.28. The Morgan fingerprint density at radius 3 is 2.51 bits per heavy atom. The Kier molecular flexibility index (Phi) is 7.46. The number of hydrogen-bond acceptors (Lipinski definition) is 7. The lowest BCUT2D eigenvalue weighted by Gasteiger charge is -2.05. The van der Waals surface area contributed by atoms with Gasteiger partial charge in [-0.3, -0.25) is 4.79 Å². The lowest BCUT2D eigenvalue weighted by Crippen LogP contribution is -2.14. The summed E-state index contributed by atoms with van der Waals surface area (Å²) >= 11 is 4.75. The summed E-state index contributed by atoms with van der Waals surface area (Å²) in [5.41, 5.74) is 3.62. The zero-order valence-corrected chi connectivity index (χ0v) is 21.5. The zero-order valence-electron chi connectivity index (χ0n) is 19.0. The van der Waals surface area contributed by atoms with Crippen LogP contribution in [0.15, 0.2) is 88.4 Å². The number of thiazole rings is 1. The third kappa shape index (κ3) is 5.75. The summed E-state index contributed by atoms with van der Waals surface area (Å²) in [6.07, 6.45) is 1.12. The molecular weight excluding hydrogens is 495 g/mol. The van der Waals surface area contributed by atoms with Gasteiger partial charge in [0.1, 0.15) is 0 Å². The van der Waals surface area contributed by atoms with Crippen LogP contribution in [-0.4, -0.2) is 37.2 Å². The maximum atomic E-state index is 12.7. The topological polar surface area (TPSA) is 72.7 Å². The van der Waals surface area contributed by atoms with Crippen molar-refractivity contribution in [2.24, 2.45) is 0 Å². The standard InChI is InChI=1S/C26H23N5OS3/c1-2-15-33-26-28-21-14-13-19(16-22(21)35-26)27-23(32)17-34-25-29-24(18-9-5-3-6-10-18)31(30-25)20-11-7-4-8-12-20/h3-14,16H,2,15,17H2,1H3,(H,27,32). The van der Waals surface area contributed by atoms with E-state index in [1.807, 2.05) is 83.5 Å². The molecule has 2 heterocycles. The first-order chi connectivity index (χ1) is 17.2. The van der Waals surface area contributed by atoms with Gasteiger partial charge in [-0.25, -0.2) is 14.6 Å². The van der Waals surface area contributed by atoms with Crippen LogP contribution in [0.2, 0.25) is 0 Å². The molecule has 0 bridgehead atoms. The van der Waals surface area contributed by atoms with Crippen molar-refractivity contribution in [1.82, 2.24) is 19.7 Å². The first kappa shape index (κ1) is 23.6. The predicted molar refractivity (Wildman–Crippen MR) is 147 cm³/mol. The number of nitrogens with zero attached hydrogens (tertiary/aromatic N) is 4. The molecule has 3 aromatic carbocycles. The summed E-state index contributed by atoms with van der Waals surface area (Å²) in [6, 6.07) is 25.7. The number of nitrogens with one attached hydrogen (secondary N) is 1. The highest BCUT2D eigenvalue weighted by molar-refractivity contribution is 8.01. The summed E-state index contributed by atoms with van der Waals surface area (Å²) in [7, 11) is 0. The molecule has 0 aliphatic heterocycles. The number of benzene rings is 3. The van der Waals surface area contributed by atoms with E-state index in [-0.39, 0.29) is 11.7 Å². The quantitative estimate of drug-likeness (QED) is 0.217. The smallest absolute Gasteiger partial charge is 0.234 e. The molecule has 5 rings (SSSR count).